The quantitative estimate of drug-likeness (QED) is 0.754. The maximum Gasteiger partial charge on any atom is 0.338 e. The van der Waals surface area contributed by atoms with E-state index in [2.05, 4.69) is 21.2 Å². The van der Waals surface area contributed by atoms with Crippen LogP contribution in [0.25, 0.3) is 0 Å². The molecule has 0 radical (unpaired) electrons. The van der Waals surface area contributed by atoms with E-state index in [9.17, 15) is 9.59 Å². The number of hydrogen-bond acceptors (Lipinski definition) is 4. The molecule has 0 spiro atoms. The standard InChI is InChI=1S/C18H18BrNO4/c1-12(2)24-18(22)13-7-9-14(10-8-13)20-17(21)11-23-16-6-4-3-5-15(16)19/h3-10,12H,11H2,1-2H3,(H,20,21). The number of hydrogen-bond donors (Lipinski definition) is 1. The Morgan fingerprint density at radius 1 is 1.08 bits per heavy atom. The van der Waals surface area contributed by atoms with Gasteiger partial charge in [0.2, 0.25) is 0 Å². The number of halogens is 1. The summed E-state index contributed by atoms with van der Waals surface area (Å²) in [5, 5.41) is 2.71. The summed E-state index contributed by atoms with van der Waals surface area (Å²) in [6.07, 6.45) is -0.175. The molecule has 0 saturated carbocycles. The topological polar surface area (TPSA) is 64.6 Å². The van der Waals surface area contributed by atoms with Gasteiger partial charge in [0, 0.05) is 5.69 Å². The van der Waals surface area contributed by atoms with Gasteiger partial charge in [-0.05, 0) is 66.2 Å². The number of rotatable bonds is 6. The van der Waals surface area contributed by atoms with Crippen molar-refractivity contribution >= 4 is 33.5 Å². The minimum Gasteiger partial charge on any atom is -0.483 e. The third-order valence-corrected chi connectivity index (χ3v) is 3.60. The number of para-hydroxylation sites is 1. The van der Waals surface area contributed by atoms with Gasteiger partial charge < -0.3 is 14.8 Å². The van der Waals surface area contributed by atoms with Gasteiger partial charge in [-0.2, -0.15) is 0 Å². The van der Waals surface area contributed by atoms with Gasteiger partial charge in [-0.25, -0.2) is 4.79 Å². The Kier molecular flexibility index (Phi) is 6.37. The van der Waals surface area contributed by atoms with Crippen LogP contribution in [0.3, 0.4) is 0 Å². The molecule has 2 aromatic rings. The summed E-state index contributed by atoms with van der Waals surface area (Å²) in [5.74, 6) is -0.0807. The zero-order valence-corrected chi connectivity index (χ0v) is 15.0. The molecule has 0 bridgehead atoms. The summed E-state index contributed by atoms with van der Waals surface area (Å²) in [7, 11) is 0. The second-order valence-electron chi connectivity index (χ2n) is 5.30. The Balaban J connectivity index is 1.88. The summed E-state index contributed by atoms with van der Waals surface area (Å²) in [4.78, 5) is 23.7. The Bertz CT molecular complexity index is 713. The fraction of sp³-hybridized carbons (Fsp3) is 0.222. The van der Waals surface area contributed by atoms with Crippen LogP contribution in [0.1, 0.15) is 24.2 Å². The molecule has 0 aromatic heterocycles. The third-order valence-electron chi connectivity index (χ3n) is 2.94. The lowest BCUT2D eigenvalue weighted by atomic mass is 10.2. The number of benzene rings is 2. The Labute approximate surface area is 149 Å². The molecule has 126 valence electrons. The molecular weight excluding hydrogens is 374 g/mol. The van der Waals surface area contributed by atoms with Crippen molar-refractivity contribution in [2.24, 2.45) is 0 Å². The number of esters is 1. The molecule has 0 aliphatic heterocycles. The van der Waals surface area contributed by atoms with E-state index in [0.717, 1.165) is 4.47 Å². The van der Waals surface area contributed by atoms with E-state index in [0.29, 0.717) is 17.0 Å². The van der Waals surface area contributed by atoms with E-state index in [1.54, 1.807) is 44.2 Å². The molecule has 6 heteroatoms. The van der Waals surface area contributed by atoms with Crippen LogP contribution >= 0.6 is 15.9 Å². The van der Waals surface area contributed by atoms with Crippen LogP contribution in [0.4, 0.5) is 5.69 Å². The summed E-state index contributed by atoms with van der Waals surface area (Å²) in [6, 6.07) is 13.8. The van der Waals surface area contributed by atoms with Crippen molar-refractivity contribution in [1.82, 2.24) is 0 Å². The van der Waals surface area contributed by atoms with Crippen molar-refractivity contribution in [3.8, 4) is 5.75 Å². The molecule has 5 nitrogen and oxygen atoms in total. The van der Waals surface area contributed by atoms with Gasteiger partial charge in [0.1, 0.15) is 5.75 Å². The average Bonchev–Trinajstić information content (AvgIpc) is 2.54. The molecule has 0 unspecified atom stereocenters. The van der Waals surface area contributed by atoms with Crippen LogP contribution in [0.2, 0.25) is 0 Å². The van der Waals surface area contributed by atoms with E-state index < -0.39 is 0 Å². The van der Waals surface area contributed by atoms with E-state index in [1.165, 1.54) is 0 Å². The Hall–Kier alpha value is -2.34. The smallest absolute Gasteiger partial charge is 0.338 e. The highest BCUT2D eigenvalue weighted by atomic mass is 79.9. The molecule has 0 saturated heterocycles. The number of amides is 1. The fourth-order valence-corrected chi connectivity index (χ4v) is 2.27. The highest BCUT2D eigenvalue weighted by Gasteiger charge is 2.10. The molecule has 2 aromatic carbocycles. The molecule has 0 atom stereocenters. The summed E-state index contributed by atoms with van der Waals surface area (Å²) in [5.41, 5.74) is 1.02. The van der Waals surface area contributed by atoms with Gasteiger partial charge in [0.15, 0.2) is 6.61 Å². The van der Waals surface area contributed by atoms with Gasteiger partial charge in [0.25, 0.3) is 5.91 Å². The van der Waals surface area contributed by atoms with Crippen molar-refractivity contribution in [2.75, 3.05) is 11.9 Å². The largest absolute Gasteiger partial charge is 0.483 e. The molecule has 24 heavy (non-hydrogen) atoms. The van der Waals surface area contributed by atoms with E-state index in [-0.39, 0.29) is 24.6 Å². The lowest BCUT2D eigenvalue weighted by molar-refractivity contribution is -0.118. The molecule has 0 aliphatic carbocycles. The van der Waals surface area contributed by atoms with Gasteiger partial charge in [-0.15, -0.1) is 0 Å². The lowest BCUT2D eigenvalue weighted by Gasteiger charge is -2.10. The molecular formula is C18H18BrNO4. The number of anilines is 1. The van der Waals surface area contributed by atoms with Crippen molar-refractivity contribution in [2.45, 2.75) is 20.0 Å². The summed E-state index contributed by atoms with van der Waals surface area (Å²) >= 11 is 3.35. The number of carbonyl (C=O) groups is 2. The Morgan fingerprint density at radius 2 is 1.75 bits per heavy atom. The van der Waals surface area contributed by atoms with Crippen molar-refractivity contribution in [3.63, 3.8) is 0 Å². The second-order valence-corrected chi connectivity index (χ2v) is 6.15. The van der Waals surface area contributed by atoms with Crippen molar-refractivity contribution in [1.29, 1.82) is 0 Å². The van der Waals surface area contributed by atoms with E-state index in [4.69, 9.17) is 9.47 Å². The first-order chi connectivity index (χ1) is 11.5. The second kappa shape index (κ2) is 8.49. The van der Waals surface area contributed by atoms with Crippen molar-refractivity contribution < 1.29 is 19.1 Å². The van der Waals surface area contributed by atoms with E-state index in [1.807, 2.05) is 18.2 Å². The number of carbonyl (C=O) groups excluding carboxylic acids is 2. The normalized spacial score (nSPS) is 10.3. The first-order valence-electron chi connectivity index (χ1n) is 7.44. The SMILES string of the molecule is CC(C)OC(=O)c1ccc(NC(=O)COc2ccccc2Br)cc1. The number of nitrogens with one attached hydrogen (secondary N) is 1. The monoisotopic (exact) mass is 391 g/mol. The Morgan fingerprint density at radius 3 is 2.38 bits per heavy atom. The predicted octanol–water partition coefficient (Wildman–Crippen LogP) is 4.03. The van der Waals surface area contributed by atoms with Crippen LogP contribution in [-0.2, 0) is 9.53 Å². The zero-order chi connectivity index (χ0) is 17.5. The molecule has 0 aliphatic rings. The summed E-state index contributed by atoms with van der Waals surface area (Å²) < 4.78 is 11.3. The van der Waals surface area contributed by atoms with Crippen LogP contribution < -0.4 is 10.1 Å². The van der Waals surface area contributed by atoms with E-state index >= 15 is 0 Å². The van der Waals surface area contributed by atoms with Gasteiger partial charge in [-0.3, -0.25) is 4.79 Å². The van der Waals surface area contributed by atoms with Crippen LogP contribution in [0.15, 0.2) is 53.0 Å². The molecule has 0 heterocycles. The van der Waals surface area contributed by atoms with Gasteiger partial charge >= 0.3 is 5.97 Å². The lowest BCUT2D eigenvalue weighted by Crippen LogP contribution is -2.20. The fourth-order valence-electron chi connectivity index (χ4n) is 1.87. The average molecular weight is 392 g/mol. The highest BCUT2D eigenvalue weighted by Crippen LogP contribution is 2.23. The highest BCUT2D eigenvalue weighted by molar-refractivity contribution is 9.10. The molecule has 0 fully saturated rings. The minimum atomic E-state index is -0.389. The minimum absolute atomic E-state index is 0.111. The maximum atomic E-state index is 11.9. The first kappa shape index (κ1) is 18.0. The molecule has 2 rings (SSSR count). The van der Waals surface area contributed by atoms with Crippen LogP contribution in [0, 0.1) is 0 Å². The predicted molar refractivity (Wildman–Crippen MR) is 95.3 cm³/mol. The summed E-state index contributed by atoms with van der Waals surface area (Å²) in [6.45, 7) is 3.47. The number of ether oxygens (including phenoxy) is 2. The zero-order valence-electron chi connectivity index (χ0n) is 13.4. The van der Waals surface area contributed by atoms with Gasteiger partial charge in [0.05, 0.1) is 16.1 Å². The third kappa shape index (κ3) is 5.38. The molecule has 1 N–H and O–H groups in total. The van der Waals surface area contributed by atoms with Crippen LogP contribution in [0.5, 0.6) is 5.75 Å². The first-order valence-corrected chi connectivity index (χ1v) is 8.23. The van der Waals surface area contributed by atoms with Gasteiger partial charge in [-0.1, -0.05) is 12.1 Å². The molecule has 1 amide bonds. The van der Waals surface area contributed by atoms with Crippen LogP contribution in [-0.4, -0.2) is 24.6 Å². The maximum absolute atomic E-state index is 11.9. The van der Waals surface area contributed by atoms with Crippen molar-refractivity contribution in [3.05, 3.63) is 58.6 Å².